The van der Waals surface area contributed by atoms with E-state index in [0.29, 0.717) is 19.7 Å². The van der Waals surface area contributed by atoms with Crippen LogP contribution in [-0.2, 0) is 6.54 Å². The number of carbonyl (C=O) groups is 1. The normalized spacial score (nSPS) is 10.0. The van der Waals surface area contributed by atoms with Gasteiger partial charge in [-0.2, -0.15) is 0 Å². The average molecular weight is 299 g/mol. The highest BCUT2D eigenvalue weighted by Crippen LogP contribution is 2.15. The Labute approximate surface area is 130 Å². The second-order valence-electron chi connectivity index (χ2n) is 4.90. The van der Waals surface area contributed by atoms with E-state index < -0.39 is 0 Å². The molecule has 2 N–H and O–H groups in total. The number of aromatic nitrogens is 1. The molecule has 2 aromatic rings. The number of amides is 2. The van der Waals surface area contributed by atoms with E-state index in [-0.39, 0.29) is 6.03 Å². The van der Waals surface area contributed by atoms with Gasteiger partial charge in [0.25, 0.3) is 0 Å². The molecule has 1 aromatic carbocycles. The zero-order valence-electron chi connectivity index (χ0n) is 12.7. The number of carbonyl (C=O) groups excluding carboxylic acids is 1. The summed E-state index contributed by atoms with van der Waals surface area (Å²) < 4.78 is 5.67. The Bertz CT molecular complexity index is 587. The third kappa shape index (κ3) is 5.44. The predicted octanol–water partition coefficient (Wildman–Crippen LogP) is 2.66. The van der Waals surface area contributed by atoms with Crippen molar-refractivity contribution in [1.82, 2.24) is 15.6 Å². The number of hydrogen-bond acceptors (Lipinski definition) is 3. The molecule has 5 nitrogen and oxygen atoms in total. The molecule has 1 aromatic heterocycles. The molecule has 0 saturated carbocycles. The molecule has 0 saturated heterocycles. The molecule has 2 amide bonds. The monoisotopic (exact) mass is 299 g/mol. The van der Waals surface area contributed by atoms with Crippen molar-refractivity contribution in [1.29, 1.82) is 0 Å². The van der Waals surface area contributed by atoms with Crippen LogP contribution in [0, 0.1) is 6.92 Å². The van der Waals surface area contributed by atoms with Crippen LogP contribution in [0.2, 0.25) is 0 Å². The lowest BCUT2D eigenvalue weighted by atomic mass is 10.2. The van der Waals surface area contributed by atoms with Gasteiger partial charge in [0.1, 0.15) is 5.75 Å². The lowest BCUT2D eigenvalue weighted by molar-refractivity contribution is 0.238. The fourth-order valence-corrected chi connectivity index (χ4v) is 1.91. The van der Waals surface area contributed by atoms with Gasteiger partial charge in [0.2, 0.25) is 0 Å². The number of aryl methyl sites for hydroxylation is 1. The highest BCUT2D eigenvalue weighted by molar-refractivity contribution is 5.73. The topological polar surface area (TPSA) is 63.2 Å². The van der Waals surface area contributed by atoms with Gasteiger partial charge in [-0.25, -0.2) is 4.79 Å². The smallest absolute Gasteiger partial charge is 0.315 e. The van der Waals surface area contributed by atoms with E-state index in [9.17, 15) is 4.79 Å². The van der Waals surface area contributed by atoms with Crippen LogP contribution in [0.3, 0.4) is 0 Å². The molecule has 0 atom stereocenters. The van der Waals surface area contributed by atoms with E-state index in [1.807, 2.05) is 49.4 Å². The van der Waals surface area contributed by atoms with E-state index in [0.717, 1.165) is 23.4 Å². The molecule has 0 radical (unpaired) electrons. The Kier molecular flexibility index (Phi) is 6.23. The molecule has 0 fully saturated rings. The van der Waals surface area contributed by atoms with Gasteiger partial charge in [-0.05, 0) is 37.1 Å². The average Bonchev–Trinajstić information content (AvgIpc) is 2.55. The van der Waals surface area contributed by atoms with Crippen LogP contribution in [-0.4, -0.2) is 24.2 Å². The van der Waals surface area contributed by atoms with Crippen LogP contribution < -0.4 is 15.4 Å². The van der Waals surface area contributed by atoms with Crippen LogP contribution in [0.1, 0.15) is 17.7 Å². The molecule has 0 bridgehead atoms. The first-order chi connectivity index (χ1) is 10.8. The lowest BCUT2D eigenvalue weighted by Gasteiger charge is -2.10. The molecule has 0 aliphatic rings. The second kappa shape index (κ2) is 8.67. The number of rotatable bonds is 7. The summed E-state index contributed by atoms with van der Waals surface area (Å²) in [7, 11) is 0. The predicted molar refractivity (Wildman–Crippen MR) is 85.8 cm³/mol. The number of urea groups is 1. The maximum absolute atomic E-state index is 11.6. The first kappa shape index (κ1) is 15.8. The summed E-state index contributed by atoms with van der Waals surface area (Å²) in [5.74, 6) is 0.891. The van der Waals surface area contributed by atoms with Crippen LogP contribution in [0.25, 0.3) is 0 Å². The van der Waals surface area contributed by atoms with Gasteiger partial charge in [-0.3, -0.25) is 4.98 Å². The fraction of sp³-hybridized carbons (Fsp3) is 0.294. The first-order valence-corrected chi connectivity index (χ1v) is 7.36. The van der Waals surface area contributed by atoms with Gasteiger partial charge in [-0.1, -0.05) is 24.3 Å². The summed E-state index contributed by atoms with van der Waals surface area (Å²) >= 11 is 0. The Hall–Kier alpha value is -2.56. The molecule has 0 aliphatic carbocycles. The van der Waals surface area contributed by atoms with Gasteiger partial charge in [0, 0.05) is 12.7 Å². The number of nitrogens with zero attached hydrogens (tertiary/aromatic N) is 1. The Morgan fingerprint density at radius 1 is 1.14 bits per heavy atom. The highest BCUT2D eigenvalue weighted by Gasteiger charge is 2.01. The van der Waals surface area contributed by atoms with Crippen LogP contribution in [0.5, 0.6) is 5.75 Å². The van der Waals surface area contributed by atoms with Crippen molar-refractivity contribution in [3.05, 3.63) is 59.9 Å². The zero-order chi connectivity index (χ0) is 15.6. The van der Waals surface area contributed by atoms with E-state index in [2.05, 4.69) is 15.6 Å². The van der Waals surface area contributed by atoms with Crippen molar-refractivity contribution in [2.45, 2.75) is 19.9 Å². The van der Waals surface area contributed by atoms with E-state index >= 15 is 0 Å². The summed E-state index contributed by atoms with van der Waals surface area (Å²) in [4.78, 5) is 15.8. The van der Waals surface area contributed by atoms with E-state index in [4.69, 9.17) is 4.74 Å². The quantitative estimate of drug-likeness (QED) is 0.773. The summed E-state index contributed by atoms with van der Waals surface area (Å²) in [6.07, 6.45) is 2.46. The largest absolute Gasteiger partial charge is 0.493 e. The van der Waals surface area contributed by atoms with Gasteiger partial charge >= 0.3 is 6.03 Å². The molecule has 2 rings (SSSR count). The van der Waals surface area contributed by atoms with Crippen molar-refractivity contribution in [2.75, 3.05) is 13.2 Å². The standard InChI is InChI=1S/C17H21N3O2/c1-14-7-2-3-9-16(14)22-12-6-11-19-17(21)20-13-15-8-4-5-10-18-15/h2-5,7-10H,6,11-13H2,1H3,(H2,19,20,21). The van der Waals surface area contributed by atoms with Gasteiger partial charge in [0.15, 0.2) is 0 Å². The molecule has 1 heterocycles. The third-order valence-electron chi connectivity index (χ3n) is 3.11. The maximum atomic E-state index is 11.6. The van der Waals surface area contributed by atoms with Crippen molar-refractivity contribution >= 4 is 6.03 Å². The van der Waals surface area contributed by atoms with E-state index in [1.165, 1.54) is 0 Å². The Morgan fingerprint density at radius 3 is 2.73 bits per heavy atom. The Balaban J connectivity index is 1.57. The molecule has 116 valence electrons. The Morgan fingerprint density at radius 2 is 1.95 bits per heavy atom. The molecule has 5 heteroatoms. The first-order valence-electron chi connectivity index (χ1n) is 7.36. The van der Waals surface area contributed by atoms with Gasteiger partial charge in [0.05, 0.1) is 18.8 Å². The minimum Gasteiger partial charge on any atom is -0.493 e. The summed E-state index contributed by atoms with van der Waals surface area (Å²) in [5.41, 5.74) is 1.95. The van der Waals surface area contributed by atoms with Crippen molar-refractivity contribution in [3.63, 3.8) is 0 Å². The molecule has 0 spiro atoms. The number of benzene rings is 1. The minimum atomic E-state index is -0.193. The molecule has 0 aliphatic heterocycles. The molecule has 0 unspecified atom stereocenters. The number of hydrogen-bond donors (Lipinski definition) is 2. The van der Waals surface area contributed by atoms with Gasteiger partial charge < -0.3 is 15.4 Å². The SMILES string of the molecule is Cc1ccccc1OCCCNC(=O)NCc1ccccn1. The fourth-order valence-electron chi connectivity index (χ4n) is 1.91. The van der Waals surface area contributed by atoms with Crippen LogP contribution >= 0.6 is 0 Å². The van der Waals surface area contributed by atoms with Crippen molar-refractivity contribution in [2.24, 2.45) is 0 Å². The summed E-state index contributed by atoms with van der Waals surface area (Å²) in [6, 6.07) is 13.3. The number of nitrogens with one attached hydrogen (secondary N) is 2. The molecule has 22 heavy (non-hydrogen) atoms. The molecular weight excluding hydrogens is 278 g/mol. The second-order valence-corrected chi connectivity index (χ2v) is 4.90. The van der Waals surface area contributed by atoms with E-state index in [1.54, 1.807) is 6.20 Å². The number of para-hydroxylation sites is 1. The maximum Gasteiger partial charge on any atom is 0.315 e. The lowest BCUT2D eigenvalue weighted by Crippen LogP contribution is -2.36. The minimum absolute atomic E-state index is 0.193. The summed E-state index contributed by atoms with van der Waals surface area (Å²) in [6.45, 7) is 3.58. The number of ether oxygens (including phenoxy) is 1. The van der Waals surface area contributed by atoms with Crippen LogP contribution in [0.15, 0.2) is 48.7 Å². The number of pyridine rings is 1. The third-order valence-corrected chi connectivity index (χ3v) is 3.11. The zero-order valence-corrected chi connectivity index (χ0v) is 12.7. The molecular formula is C17H21N3O2. The summed E-state index contributed by atoms with van der Waals surface area (Å²) in [5, 5.41) is 5.56. The van der Waals surface area contributed by atoms with Crippen molar-refractivity contribution in [3.8, 4) is 5.75 Å². The highest BCUT2D eigenvalue weighted by atomic mass is 16.5. The van der Waals surface area contributed by atoms with Gasteiger partial charge in [-0.15, -0.1) is 0 Å². The van der Waals surface area contributed by atoms with Crippen LogP contribution in [0.4, 0.5) is 4.79 Å². The van der Waals surface area contributed by atoms with Crippen molar-refractivity contribution < 1.29 is 9.53 Å².